The van der Waals surface area contributed by atoms with Crippen LogP contribution in [0.15, 0.2) is 24.3 Å². The molecule has 0 saturated heterocycles. The maximum atomic E-state index is 6.15. The third kappa shape index (κ3) is 3.14. The molecule has 0 bridgehead atoms. The molecule has 0 aliphatic heterocycles. The van der Waals surface area contributed by atoms with Crippen LogP contribution in [0.4, 0.5) is 17.5 Å². The predicted octanol–water partition coefficient (Wildman–Crippen LogP) is 4.41. The van der Waals surface area contributed by atoms with Gasteiger partial charge in [-0.3, -0.25) is 0 Å². The molecule has 104 valence electrons. The van der Waals surface area contributed by atoms with Gasteiger partial charge in [0.15, 0.2) is 0 Å². The first-order chi connectivity index (χ1) is 9.61. The first-order valence-electron chi connectivity index (χ1n) is 6.45. The fraction of sp³-hybridized carbons (Fsp3) is 0.286. The lowest BCUT2D eigenvalue weighted by Crippen LogP contribution is -2.07. The Balaban J connectivity index is 1.85. The summed E-state index contributed by atoms with van der Waals surface area (Å²) in [5, 5.41) is 7.44. The van der Waals surface area contributed by atoms with Crippen molar-refractivity contribution >= 4 is 40.7 Å². The molecule has 1 heterocycles. The molecule has 1 aliphatic carbocycles. The smallest absolute Gasteiger partial charge is 0.229 e. The summed E-state index contributed by atoms with van der Waals surface area (Å²) in [4.78, 5) is 8.81. The van der Waals surface area contributed by atoms with E-state index in [2.05, 4.69) is 20.6 Å². The van der Waals surface area contributed by atoms with E-state index in [0.29, 0.717) is 27.7 Å². The molecule has 0 atom stereocenters. The van der Waals surface area contributed by atoms with Crippen molar-refractivity contribution in [2.45, 2.75) is 25.8 Å². The molecule has 1 aromatic heterocycles. The van der Waals surface area contributed by atoms with E-state index in [1.54, 1.807) is 6.07 Å². The number of halogens is 2. The van der Waals surface area contributed by atoms with Crippen molar-refractivity contribution in [1.29, 1.82) is 0 Å². The number of benzene rings is 1. The Bertz CT molecular complexity index is 641. The Hall–Kier alpha value is -1.52. The third-order valence-electron chi connectivity index (χ3n) is 2.98. The van der Waals surface area contributed by atoms with Gasteiger partial charge in [0.25, 0.3) is 0 Å². The maximum Gasteiger partial charge on any atom is 0.229 e. The average Bonchev–Trinajstić information content (AvgIpc) is 3.18. The summed E-state index contributed by atoms with van der Waals surface area (Å²) in [6.45, 7) is 1.94. The maximum absolute atomic E-state index is 6.15. The van der Waals surface area contributed by atoms with Crippen LogP contribution in [0.2, 0.25) is 10.0 Å². The minimum atomic E-state index is 0.468. The highest BCUT2D eigenvalue weighted by Gasteiger charge is 2.21. The van der Waals surface area contributed by atoms with E-state index in [1.807, 2.05) is 25.1 Å². The van der Waals surface area contributed by atoms with Crippen LogP contribution in [-0.2, 0) is 0 Å². The summed E-state index contributed by atoms with van der Waals surface area (Å²) < 4.78 is 0. The zero-order valence-corrected chi connectivity index (χ0v) is 12.5. The van der Waals surface area contributed by atoms with Crippen LogP contribution >= 0.6 is 23.2 Å². The highest BCUT2D eigenvalue weighted by molar-refractivity contribution is 6.43. The van der Waals surface area contributed by atoms with Gasteiger partial charge in [-0.1, -0.05) is 29.3 Å². The monoisotopic (exact) mass is 308 g/mol. The molecule has 0 amide bonds. The lowest BCUT2D eigenvalue weighted by molar-refractivity contribution is 1.06. The molecule has 4 nitrogen and oxygen atoms in total. The van der Waals surface area contributed by atoms with E-state index >= 15 is 0 Å². The number of aromatic nitrogens is 2. The van der Waals surface area contributed by atoms with E-state index in [0.717, 1.165) is 11.5 Å². The fourth-order valence-corrected chi connectivity index (χ4v) is 2.20. The van der Waals surface area contributed by atoms with Gasteiger partial charge in [0.2, 0.25) is 5.95 Å². The Labute approximate surface area is 127 Å². The molecule has 1 fully saturated rings. The van der Waals surface area contributed by atoms with Crippen molar-refractivity contribution in [3.63, 3.8) is 0 Å². The molecule has 0 spiro atoms. The van der Waals surface area contributed by atoms with E-state index in [-0.39, 0.29) is 0 Å². The van der Waals surface area contributed by atoms with Gasteiger partial charge in [-0.2, -0.15) is 4.98 Å². The van der Waals surface area contributed by atoms with Gasteiger partial charge in [0.1, 0.15) is 5.82 Å². The topological polar surface area (TPSA) is 49.8 Å². The van der Waals surface area contributed by atoms with Crippen molar-refractivity contribution < 1.29 is 0 Å². The van der Waals surface area contributed by atoms with Crippen LogP contribution in [0.1, 0.15) is 18.5 Å². The largest absolute Gasteiger partial charge is 0.367 e. The summed E-state index contributed by atoms with van der Waals surface area (Å²) in [6, 6.07) is 7.89. The number of nitrogens with zero attached hydrogens (tertiary/aromatic N) is 2. The van der Waals surface area contributed by atoms with Crippen LogP contribution in [0.5, 0.6) is 0 Å². The lowest BCUT2D eigenvalue weighted by Gasteiger charge is -2.10. The summed E-state index contributed by atoms with van der Waals surface area (Å²) in [5.74, 6) is 1.35. The van der Waals surface area contributed by atoms with Crippen molar-refractivity contribution in [2.24, 2.45) is 0 Å². The van der Waals surface area contributed by atoms with Gasteiger partial charge in [-0.15, -0.1) is 0 Å². The second-order valence-corrected chi connectivity index (χ2v) is 5.65. The fourth-order valence-electron chi connectivity index (χ4n) is 1.86. The summed E-state index contributed by atoms with van der Waals surface area (Å²) in [7, 11) is 0. The minimum Gasteiger partial charge on any atom is -0.367 e. The summed E-state index contributed by atoms with van der Waals surface area (Å²) >= 11 is 12.1. The molecule has 0 radical (unpaired) electrons. The van der Waals surface area contributed by atoms with Crippen molar-refractivity contribution in [3.05, 3.63) is 40.0 Å². The number of rotatable bonds is 4. The molecule has 20 heavy (non-hydrogen) atoms. The highest BCUT2D eigenvalue weighted by atomic mass is 35.5. The minimum absolute atomic E-state index is 0.468. The first-order valence-corrected chi connectivity index (χ1v) is 7.20. The normalized spacial score (nSPS) is 14.2. The van der Waals surface area contributed by atoms with E-state index in [4.69, 9.17) is 23.2 Å². The lowest BCUT2D eigenvalue weighted by atomic mass is 10.3. The number of hydrogen-bond acceptors (Lipinski definition) is 4. The number of aryl methyl sites for hydroxylation is 1. The molecule has 0 unspecified atom stereocenters. The quantitative estimate of drug-likeness (QED) is 0.878. The summed E-state index contributed by atoms with van der Waals surface area (Å²) in [5.41, 5.74) is 1.59. The Morgan fingerprint density at radius 2 is 2.00 bits per heavy atom. The van der Waals surface area contributed by atoms with Gasteiger partial charge < -0.3 is 10.6 Å². The number of anilines is 3. The van der Waals surface area contributed by atoms with Crippen LogP contribution in [0.25, 0.3) is 0 Å². The van der Waals surface area contributed by atoms with E-state index in [1.165, 1.54) is 12.8 Å². The number of hydrogen-bond donors (Lipinski definition) is 2. The molecule has 1 saturated carbocycles. The zero-order chi connectivity index (χ0) is 14.1. The van der Waals surface area contributed by atoms with Crippen LogP contribution < -0.4 is 10.6 Å². The Morgan fingerprint density at radius 3 is 2.75 bits per heavy atom. The Morgan fingerprint density at radius 1 is 1.20 bits per heavy atom. The first kappa shape index (κ1) is 13.5. The summed E-state index contributed by atoms with van der Waals surface area (Å²) in [6.07, 6.45) is 2.40. The van der Waals surface area contributed by atoms with E-state index < -0.39 is 0 Å². The van der Waals surface area contributed by atoms with Gasteiger partial charge in [-0.05, 0) is 31.9 Å². The van der Waals surface area contributed by atoms with Crippen molar-refractivity contribution in [2.75, 3.05) is 10.6 Å². The molecular formula is C14H14Cl2N4. The Kier molecular flexibility index (Phi) is 3.68. The van der Waals surface area contributed by atoms with Crippen LogP contribution in [0, 0.1) is 6.92 Å². The third-order valence-corrected chi connectivity index (χ3v) is 3.80. The number of nitrogens with one attached hydrogen (secondary N) is 2. The van der Waals surface area contributed by atoms with Crippen LogP contribution in [-0.4, -0.2) is 16.0 Å². The van der Waals surface area contributed by atoms with E-state index in [9.17, 15) is 0 Å². The van der Waals surface area contributed by atoms with Crippen LogP contribution in [0.3, 0.4) is 0 Å². The molecule has 2 N–H and O–H groups in total. The SMILES string of the molecule is Cc1cc(NC2CC2)nc(Nc2cccc(Cl)c2Cl)n1. The highest BCUT2D eigenvalue weighted by Crippen LogP contribution is 2.31. The standard InChI is InChI=1S/C14H14Cl2N4/c1-8-7-12(18-9-5-6-9)20-14(17-8)19-11-4-2-3-10(15)13(11)16/h2-4,7,9H,5-6H2,1H3,(H2,17,18,19,20). The van der Waals surface area contributed by atoms with Gasteiger partial charge in [0, 0.05) is 17.8 Å². The van der Waals surface area contributed by atoms with Gasteiger partial charge in [0.05, 0.1) is 15.7 Å². The molecule has 3 rings (SSSR count). The molecule has 6 heteroatoms. The molecule has 1 aromatic carbocycles. The predicted molar refractivity (Wildman–Crippen MR) is 83.2 cm³/mol. The van der Waals surface area contributed by atoms with Crippen molar-refractivity contribution in [1.82, 2.24) is 9.97 Å². The molecule has 1 aliphatic rings. The van der Waals surface area contributed by atoms with Gasteiger partial charge in [-0.25, -0.2) is 4.98 Å². The average molecular weight is 309 g/mol. The second kappa shape index (κ2) is 5.46. The van der Waals surface area contributed by atoms with Gasteiger partial charge >= 0.3 is 0 Å². The molecular weight excluding hydrogens is 295 g/mol. The molecule has 2 aromatic rings. The zero-order valence-electron chi connectivity index (χ0n) is 11.0. The second-order valence-electron chi connectivity index (χ2n) is 4.86. The van der Waals surface area contributed by atoms with Crippen molar-refractivity contribution in [3.8, 4) is 0 Å².